The smallest absolute Gasteiger partial charge is 0.257 e. The molecule has 1 aromatic carbocycles. The molecule has 0 fully saturated rings. The lowest BCUT2D eigenvalue weighted by atomic mass is 10.2. The second-order valence-corrected chi connectivity index (χ2v) is 8.62. The molecule has 2 heterocycles. The molecule has 0 radical (unpaired) electrons. The van der Waals surface area contributed by atoms with E-state index in [1.54, 1.807) is 16.8 Å². The molecule has 0 atom stereocenters. The first-order valence-electron chi connectivity index (χ1n) is 7.87. The highest BCUT2D eigenvalue weighted by molar-refractivity contribution is 7.92. The lowest BCUT2D eigenvalue weighted by molar-refractivity contribution is 0.102. The molecule has 3 aromatic rings. The first-order chi connectivity index (χ1) is 13.1. The second kappa shape index (κ2) is 7.78. The van der Waals surface area contributed by atoms with E-state index in [0.717, 1.165) is 11.9 Å². The Morgan fingerprint density at radius 2 is 1.68 bits per heavy atom. The van der Waals surface area contributed by atoms with Crippen LogP contribution >= 0.6 is 23.2 Å². The molecule has 0 aliphatic rings. The minimum Gasteiger partial charge on any atom is -0.322 e. The Labute approximate surface area is 171 Å². The monoisotopic (exact) mass is 439 g/mol. The third-order valence-electron chi connectivity index (χ3n) is 3.56. The van der Waals surface area contributed by atoms with Crippen LogP contribution in [0.2, 0.25) is 10.0 Å². The van der Waals surface area contributed by atoms with Crippen LogP contribution in [0.1, 0.15) is 16.1 Å². The van der Waals surface area contributed by atoms with Gasteiger partial charge in [-0.25, -0.2) is 18.4 Å². The number of carbonyl (C=O) groups excluding carboxylic acids is 1. The summed E-state index contributed by atoms with van der Waals surface area (Å²) in [5.74, 6) is -0.0215. The fourth-order valence-corrected chi connectivity index (χ4v) is 3.36. The standard InChI is InChI=1S/C17H15Cl2N5O3S/c1-10-3-11(9-24(10)17-20-7-13(19)8-21-17)16(25)22-14-4-12(18)5-15(6-14)23-28(2,26)27/h3-9,23H,1-2H3,(H,22,25). The SMILES string of the molecule is Cc1cc(C(=O)Nc2cc(Cl)cc(NS(C)(=O)=O)c2)cn1-c1ncc(Cl)cn1. The number of rotatable bonds is 5. The number of hydrogen-bond donors (Lipinski definition) is 2. The molecule has 0 saturated heterocycles. The zero-order chi connectivity index (χ0) is 20.5. The fourth-order valence-electron chi connectivity index (χ4n) is 2.48. The Morgan fingerprint density at radius 1 is 1.04 bits per heavy atom. The molecule has 0 spiro atoms. The van der Waals surface area contributed by atoms with Crippen molar-refractivity contribution in [2.75, 3.05) is 16.3 Å². The van der Waals surface area contributed by atoms with Crippen molar-refractivity contribution in [3.05, 3.63) is 64.2 Å². The number of benzene rings is 1. The van der Waals surface area contributed by atoms with Crippen LogP contribution in [0.15, 0.2) is 42.9 Å². The summed E-state index contributed by atoms with van der Waals surface area (Å²) in [5.41, 5.74) is 1.71. The number of sulfonamides is 1. The van der Waals surface area contributed by atoms with Crippen molar-refractivity contribution >= 4 is 50.5 Å². The number of anilines is 2. The van der Waals surface area contributed by atoms with Crippen LogP contribution < -0.4 is 10.0 Å². The minimum atomic E-state index is -3.48. The topological polar surface area (TPSA) is 106 Å². The summed E-state index contributed by atoms with van der Waals surface area (Å²) in [7, 11) is -3.48. The maximum absolute atomic E-state index is 12.6. The van der Waals surface area contributed by atoms with E-state index in [0.29, 0.717) is 22.2 Å². The van der Waals surface area contributed by atoms with Crippen LogP contribution in [-0.2, 0) is 10.0 Å². The van der Waals surface area contributed by atoms with Crippen molar-refractivity contribution in [3.8, 4) is 5.95 Å². The highest BCUT2D eigenvalue weighted by Crippen LogP contribution is 2.24. The lowest BCUT2D eigenvalue weighted by Crippen LogP contribution is -2.13. The molecule has 3 rings (SSSR count). The molecular weight excluding hydrogens is 425 g/mol. The van der Waals surface area contributed by atoms with Crippen molar-refractivity contribution in [1.29, 1.82) is 0 Å². The summed E-state index contributed by atoms with van der Waals surface area (Å²) in [6.07, 6.45) is 5.54. The van der Waals surface area contributed by atoms with Gasteiger partial charge >= 0.3 is 0 Å². The maximum Gasteiger partial charge on any atom is 0.257 e. The van der Waals surface area contributed by atoms with Crippen molar-refractivity contribution < 1.29 is 13.2 Å². The quantitative estimate of drug-likeness (QED) is 0.632. The molecule has 2 aromatic heterocycles. The first kappa shape index (κ1) is 20.1. The van der Waals surface area contributed by atoms with Gasteiger partial charge in [0.25, 0.3) is 5.91 Å². The average Bonchev–Trinajstić information content (AvgIpc) is 2.95. The third-order valence-corrected chi connectivity index (χ3v) is 4.58. The van der Waals surface area contributed by atoms with Crippen molar-refractivity contribution in [3.63, 3.8) is 0 Å². The Morgan fingerprint density at radius 3 is 2.32 bits per heavy atom. The fraction of sp³-hybridized carbons (Fsp3) is 0.118. The highest BCUT2D eigenvalue weighted by Gasteiger charge is 2.14. The number of carbonyl (C=O) groups is 1. The van der Waals surface area contributed by atoms with Gasteiger partial charge in [0.1, 0.15) is 0 Å². The van der Waals surface area contributed by atoms with Gasteiger partial charge < -0.3 is 5.32 Å². The van der Waals surface area contributed by atoms with Gasteiger partial charge in [-0.1, -0.05) is 23.2 Å². The van der Waals surface area contributed by atoms with E-state index in [1.165, 1.54) is 30.6 Å². The largest absolute Gasteiger partial charge is 0.322 e. The molecule has 0 saturated carbocycles. The average molecular weight is 440 g/mol. The van der Waals surface area contributed by atoms with E-state index in [-0.39, 0.29) is 10.7 Å². The number of nitrogens with one attached hydrogen (secondary N) is 2. The third kappa shape index (κ3) is 5.00. The summed E-state index contributed by atoms with van der Waals surface area (Å²) in [6.45, 7) is 1.81. The minimum absolute atomic E-state index is 0.244. The summed E-state index contributed by atoms with van der Waals surface area (Å²) in [5, 5.41) is 3.37. The van der Waals surface area contributed by atoms with Crippen LogP contribution in [0, 0.1) is 6.92 Å². The van der Waals surface area contributed by atoms with E-state index in [2.05, 4.69) is 20.0 Å². The van der Waals surface area contributed by atoms with Crippen LogP contribution in [0.5, 0.6) is 0 Å². The number of aryl methyl sites for hydroxylation is 1. The molecule has 2 N–H and O–H groups in total. The van der Waals surface area contributed by atoms with Gasteiger partial charge in [-0.3, -0.25) is 14.1 Å². The lowest BCUT2D eigenvalue weighted by Gasteiger charge is -2.09. The Kier molecular flexibility index (Phi) is 5.59. The molecule has 146 valence electrons. The number of amides is 1. The van der Waals surface area contributed by atoms with Crippen LogP contribution in [0.4, 0.5) is 11.4 Å². The normalized spacial score (nSPS) is 11.3. The van der Waals surface area contributed by atoms with Crippen LogP contribution in [0.25, 0.3) is 5.95 Å². The van der Waals surface area contributed by atoms with Crippen LogP contribution in [-0.4, -0.2) is 35.1 Å². The molecule has 0 unspecified atom stereocenters. The molecule has 0 aliphatic carbocycles. The van der Waals surface area contributed by atoms with E-state index < -0.39 is 15.9 Å². The maximum atomic E-state index is 12.6. The zero-order valence-corrected chi connectivity index (χ0v) is 17.1. The van der Waals surface area contributed by atoms with Gasteiger partial charge in [0.2, 0.25) is 16.0 Å². The molecule has 0 aliphatic heterocycles. The predicted molar refractivity (Wildman–Crippen MR) is 109 cm³/mol. The van der Waals surface area contributed by atoms with Gasteiger partial charge in [-0.2, -0.15) is 0 Å². The Bertz CT molecular complexity index is 1140. The molecule has 8 nitrogen and oxygen atoms in total. The van der Waals surface area contributed by atoms with E-state index in [9.17, 15) is 13.2 Å². The van der Waals surface area contributed by atoms with Crippen LogP contribution in [0.3, 0.4) is 0 Å². The number of halogens is 2. The number of hydrogen-bond acceptors (Lipinski definition) is 5. The molecular formula is C17H15Cl2N5O3S. The van der Waals surface area contributed by atoms with E-state index in [1.807, 2.05) is 6.92 Å². The summed E-state index contributed by atoms with van der Waals surface area (Å²) >= 11 is 11.8. The summed E-state index contributed by atoms with van der Waals surface area (Å²) < 4.78 is 26.8. The summed E-state index contributed by atoms with van der Waals surface area (Å²) in [4.78, 5) is 20.9. The first-order valence-corrected chi connectivity index (χ1v) is 10.5. The van der Waals surface area contributed by atoms with Gasteiger partial charge in [0, 0.05) is 22.6 Å². The predicted octanol–water partition coefficient (Wildman–Crippen LogP) is 3.51. The van der Waals surface area contributed by atoms with Gasteiger partial charge in [-0.15, -0.1) is 0 Å². The zero-order valence-electron chi connectivity index (χ0n) is 14.8. The van der Waals surface area contributed by atoms with Gasteiger partial charge in [0.05, 0.1) is 34.9 Å². The van der Waals surface area contributed by atoms with Crippen molar-refractivity contribution in [2.24, 2.45) is 0 Å². The molecule has 28 heavy (non-hydrogen) atoms. The Hall–Kier alpha value is -2.62. The highest BCUT2D eigenvalue weighted by atomic mass is 35.5. The van der Waals surface area contributed by atoms with Gasteiger partial charge in [-0.05, 0) is 31.2 Å². The second-order valence-electron chi connectivity index (χ2n) is 6.00. The summed E-state index contributed by atoms with van der Waals surface area (Å²) in [6, 6.07) is 6.10. The van der Waals surface area contributed by atoms with E-state index in [4.69, 9.17) is 23.2 Å². The Balaban J connectivity index is 1.84. The molecule has 1 amide bonds. The van der Waals surface area contributed by atoms with E-state index >= 15 is 0 Å². The molecule has 0 bridgehead atoms. The molecule has 11 heteroatoms. The number of aromatic nitrogens is 3. The van der Waals surface area contributed by atoms with Crippen molar-refractivity contribution in [2.45, 2.75) is 6.92 Å². The number of nitrogens with zero attached hydrogens (tertiary/aromatic N) is 3. The van der Waals surface area contributed by atoms with Crippen molar-refractivity contribution in [1.82, 2.24) is 14.5 Å². The van der Waals surface area contributed by atoms with Gasteiger partial charge in [0.15, 0.2) is 0 Å².